The second-order valence-electron chi connectivity index (χ2n) is 11.3. The molecule has 2 heterocycles. The van der Waals surface area contributed by atoms with Crippen LogP contribution in [0.5, 0.6) is 0 Å². The highest BCUT2D eigenvalue weighted by Crippen LogP contribution is 2.27. The second kappa shape index (κ2) is 17.5. The number of ether oxygens (including phenoxy) is 2. The third-order valence-electron chi connectivity index (χ3n) is 6.90. The highest BCUT2D eigenvalue weighted by molar-refractivity contribution is 7.16. The fourth-order valence-electron chi connectivity index (χ4n) is 4.39. The number of thiazole rings is 2. The lowest BCUT2D eigenvalue weighted by atomic mass is 9.98. The number of aromatic nitrogens is 2. The van der Waals surface area contributed by atoms with Crippen molar-refractivity contribution in [1.82, 2.24) is 30.4 Å². The zero-order chi connectivity index (χ0) is 34.8. The molecular weight excluding hydrogens is 665 g/mol. The number of likely N-dealkylation sites (N-methyl/N-ethyl adjacent to an activating group) is 2. The molecule has 258 valence electrons. The fraction of sp³-hybridized carbons (Fsp3) is 0.533. The summed E-state index contributed by atoms with van der Waals surface area (Å²) < 4.78 is 10.9. The third-order valence-corrected chi connectivity index (χ3v) is 9.09. The van der Waals surface area contributed by atoms with Gasteiger partial charge < -0.3 is 29.9 Å². The fourth-order valence-corrected chi connectivity index (χ4v) is 6.22. The summed E-state index contributed by atoms with van der Waals surface area (Å²) in [5.74, 6) is -2.43. The summed E-state index contributed by atoms with van der Waals surface area (Å²) in [6.07, 6.45) is -0.200. The summed E-state index contributed by atoms with van der Waals surface area (Å²) in [6.45, 7) is 3.21. The molecule has 0 saturated carbocycles. The zero-order valence-electron chi connectivity index (χ0n) is 27.3. The molecule has 18 heteroatoms. The number of nitrogens with zero attached hydrogens (tertiary/aromatic N) is 6. The number of aliphatic imine (C=N–C) groups is 2. The molecule has 0 aliphatic heterocycles. The van der Waals surface area contributed by atoms with E-state index in [0.29, 0.717) is 26.2 Å². The molecular formula is C30H38N8O8S2. The molecule has 2 aliphatic rings. The number of Topliss-reactive ketones (excluding diaryl/α,β-unsaturated/α-hetero) is 4. The Balaban J connectivity index is 1.10. The first-order chi connectivity index (χ1) is 23.0. The van der Waals surface area contributed by atoms with Gasteiger partial charge in [0.15, 0.2) is 21.6 Å². The molecule has 4 rings (SSSR count). The van der Waals surface area contributed by atoms with E-state index in [1.54, 1.807) is 0 Å². The van der Waals surface area contributed by atoms with Crippen LogP contribution in [0.2, 0.25) is 0 Å². The number of hydrogen-bond acceptors (Lipinski definition) is 16. The lowest BCUT2D eigenvalue weighted by Crippen LogP contribution is -2.29. The number of nitrogens with one attached hydrogen (secondary N) is 2. The van der Waals surface area contributed by atoms with Crippen molar-refractivity contribution in [3.05, 3.63) is 31.2 Å². The molecule has 2 aliphatic carbocycles. The minimum absolute atomic E-state index is 0.0203. The molecule has 2 N–H and O–H groups in total. The van der Waals surface area contributed by atoms with E-state index in [4.69, 9.17) is 9.47 Å². The molecule has 0 saturated heterocycles. The minimum Gasteiger partial charge on any atom is -0.377 e. The lowest BCUT2D eigenvalue weighted by molar-refractivity contribution is 0.0486. The van der Waals surface area contributed by atoms with Crippen LogP contribution in [-0.4, -0.2) is 160 Å². The van der Waals surface area contributed by atoms with Crippen LogP contribution in [0.25, 0.3) is 0 Å². The standard InChI is InChI=1S/C30H38N8O8S2/c1-37(2)9-5-31-17-15-19(39)25-21(23(17)41)35-29(47-25)27(43)33-7-11-45-13-14-46-12-8-34-28(44)30-36-22-24(42)18(32-6-10-38(3)4)16-20(40)26(22)48-30/h5-16H2,1-4H3,(H,33,43)(H,34,44). The Labute approximate surface area is 285 Å². The van der Waals surface area contributed by atoms with Crippen molar-refractivity contribution in [3.63, 3.8) is 0 Å². The number of fused-ring (bicyclic) bond motifs is 2. The van der Waals surface area contributed by atoms with Gasteiger partial charge in [0.25, 0.3) is 11.8 Å². The van der Waals surface area contributed by atoms with Gasteiger partial charge in [0.1, 0.15) is 21.1 Å². The molecule has 48 heavy (non-hydrogen) atoms. The van der Waals surface area contributed by atoms with Gasteiger partial charge in [0.2, 0.25) is 11.6 Å². The van der Waals surface area contributed by atoms with Crippen molar-refractivity contribution < 1.29 is 38.2 Å². The van der Waals surface area contributed by atoms with Crippen molar-refractivity contribution in [2.24, 2.45) is 9.98 Å². The zero-order valence-corrected chi connectivity index (χ0v) is 28.9. The molecule has 16 nitrogen and oxygen atoms in total. The SMILES string of the molecule is CN(C)CCN=C1CC(=O)c2sc(C(=O)NCCOCCOCCNC(=O)c3nc4c(s3)C(=O)CC(=NCCN(C)C)C4=O)nc2C1=O. The van der Waals surface area contributed by atoms with Gasteiger partial charge in [-0.1, -0.05) is 0 Å². The third kappa shape index (κ3) is 9.80. The first-order valence-electron chi connectivity index (χ1n) is 15.2. The number of rotatable bonds is 17. The average Bonchev–Trinajstić information content (AvgIpc) is 3.70. The van der Waals surface area contributed by atoms with Gasteiger partial charge >= 0.3 is 0 Å². The maximum atomic E-state index is 12.7. The Morgan fingerprint density at radius 2 is 1.08 bits per heavy atom. The highest BCUT2D eigenvalue weighted by atomic mass is 32.1. The number of hydrogen-bond donors (Lipinski definition) is 2. The van der Waals surface area contributed by atoms with Crippen LogP contribution >= 0.6 is 22.7 Å². The largest absolute Gasteiger partial charge is 0.377 e. The first kappa shape index (κ1) is 36.9. The monoisotopic (exact) mass is 702 g/mol. The van der Waals surface area contributed by atoms with Crippen LogP contribution in [-0.2, 0) is 9.47 Å². The molecule has 0 unspecified atom stereocenters. The lowest BCUT2D eigenvalue weighted by Gasteiger charge is -2.11. The minimum atomic E-state index is -0.514. The topological polar surface area (TPSA) is 202 Å². The molecule has 2 amide bonds. The van der Waals surface area contributed by atoms with E-state index in [-0.39, 0.29) is 107 Å². The predicted octanol–water partition coefficient (Wildman–Crippen LogP) is 0.336. The van der Waals surface area contributed by atoms with Gasteiger partial charge in [-0.25, -0.2) is 9.97 Å². The Bertz CT molecular complexity index is 1510. The Kier molecular flexibility index (Phi) is 13.4. The Morgan fingerprint density at radius 1 is 0.688 bits per heavy atom. The van der Waals surface area contributed by atoms with Crippen LogP contribution < -0.4 is 10.6 Å². The normalized spacial score (nSPS) is 16.3. The van der Waals surface area contributed by atoms with Gasteiger partial charge in [-0.3, -0.25) is 38.8 Å². The van der Waals surface area contributed by atoms with E-state index in [1.165, 1.54) is 0 Å². The van der Waals surface area contributed by atoms with Crippen LogP contribution in [0.3, 0.4) is 0 Å². The van der Waals surface area contributed by atoms with Gasteiger partial charge in [-0.2, -0.15) is 0 Å². The summed E-state index contributed by atoms with van der Waals surface area (Å²) in [4.78, 5) is 96.6. The Morgan fingerprint density at radius 3 is 1.46 bits per heavy atom. The molecule has 0 aromatic carbocycles. The van der Waals surface area contributed by atoms with Crippen molar-refractivity contribution in [2.45, 2.75) is 12.8 Å². The molecule has 2 aromatic heterocycles. The number of amides is 2. The van der Waals surface area contributed by atoms with E-state index in [0.717, 1.165) is 22.7 Å². The van der Waals surface area contributed by atoms with Gasteiger partial charge in [-0.05, 0) is 28.2 Å². The smallest absolute Gasteiger partial charge is 0.280 e. The van der Waals surface area contributed by atoms with E-state index in [2.05, 4.69) is 30.6 Å². The van der Waals surface area contributed by atoms with E-state index in [9.17, 15) is 28.8 Å². The van der Waals surface area contributed by atoms with Crippen molar-refractivity contribution in [2.75, 3.05) is 93.9 Å². The quantitative estimate of drug-likeness (QED) is 0.214. The van der Waals surface area contributed by atoms with E-state index in [1.807, 2.05) is 38.0 Å². The molecule has 0 radical (unpaired) electrons. The summed E-state index contributed by atoms with van der Waals surface area (Å²) in [7, 11) is 7.54. The highest BCUT2D eigenvalue weighted by Gasteiger charge is 2.35. The molecule has 0 bridgehead atoms. The van der Waals surface area contributed by atoms with Gasteiger partial charge in [-0.15, -0.1) is 22.7 Å². The maximum absolute atomic E-state index is 12.7. The predicted molar refractivity (Wildman–Crippen MR) is 179 cm³/mol. The summed E-state index contributed by atoms with van der Waals surface area (Å²) in [6, 6.07) is 0. The van der Waals surface area contributed by atoms with Gasteiger partial charge in [0, 0.05) is 26.2 Å². The van der Waals surface area contributed by atoms with Crippen molar-refractivity contribution in [1.29, 1.82) is 0 Å². The van der Waals surface area contributed by atoms with Gasteiger partial charge in [0.05, 0.1) is 63.8 Å². The molecule has 0 spiro atoms. The average molecular weight is 703 g/mol. The summed E-state index contributed by atoms with van der Waals surface area (Å²) >= 11 is 1.78. The number of ketones is 4. The van der Waals surface area contributed by atoms with Crippen LogP contribution in [0.15, 0.2) is 9.98 Å². The van der Waals surface area contributed by atoms with Crippen LogP contribution in [0.1, 0.15) is 72.8 Å². The first-order valence-corrected chi connectivity index (χ1v) is 16.8. The van der Waals surface area contributed by atoms with Crippen molar-refractivity contribution in [3.8, 4) is 0 Å². The number of carbonyl (C=O) groups is 6. The second-order valence-corrected chi connectivity index (χ2v) is 13.2. The van der Waals surface area contributed by atoms with E-state index >= 15 is 0 Å². The molecule has 0 fully saturated rings. The van der Waals surface area contributed by atoms with Crippen LogP contribution in [0.4, 0.5) is 0 Å². The summed E-state index contributed by atoms with van der Waals surface area (Å²) in [5.41, 5.74) is 0.268. The van der Waals surface area contributed by atoms with Crippen molar-refractivity contribution >= 4 is 69.0 Å². The number of carbonyl (C=O) groups excluding carboxylic acids is 6. The molecule has 2 aromatic rings. The Hall–Kier alpha value is -3.94. The summed E-state index contributed by atoms with van der Waals surface area (Å²) in [5, 5.41) is 5.35. The van der Waals surface area contributed by atoms with E-state index < -0.39 is 23.4 Å². The molecule has 0 atom stereocenters. The van der Waals surface area contributed by atoms with Crippen LogP contribution in [0, 0.1) is 0 Å². The maximum Gasteiger partial charge on any atom is 0.280 e.